The van der Waals surface area contributed by atoms with E-state index in [0.29, 0.717) is 61.5 Å². The first-order valence-electron chi connectivity index (χ1n) is 34.9. The maximum absolute atomic E-state index is 13.6. The van der Waals surface area contributed by atoms with Crippen molar-refractivity contribution in [3.63, 3.8) is 0 Å². The standard InChI is InChI=1S/C30H31N4O3.C21H24N2O2.C9H7ClN2O.C4H7N.C2H4O2.ClH.I45/c35-30(28(23-10-4-1-5-11-23)31-25-14-8-3-9-15-25)36-26-20-34(18-16-22(26)17-19-34)21-27-32-29(37-33-27)24-12-6-2-7-13-24;24-21(25-19-15-23-13-11-16(19)12-14-23)20(17-7-3-1-4-8-17)22-18-9-5-2-6-10-18;10-6-8-11-9(13-12-8)7-4-2-1-3-5-7;1-2-3-4-5;1-2(3)4;;1-24-26(4)28(6)30(8)32(10)34(12)36(14)38(16)40(18)42(20)44(22)45(23)43(21)41(19)39(17)37(15)35(13)33(11)31(9)29(7)27(5)25(2)3/h1-15,22,26,28,31H,16-21H2;1-10,16,19-20,22H,11-15H2;1-5H,6H2;2-3H2,1H3;1H3,(H,3,4);1H;/q+1;;;;;;-1/p-1/t22?,26-,28+,34?;19-,20+;;;;;/m00...../s1. The number of nitrogens with one attached hydrogen (secondary N) is 2. The molecule has 0 amide bonds. The molecule has 4 bridgehead atoms. The Bertz CT molecular complexity index is 4590. The van der Waals surface area contributed by atoms with Gasteiger partial charge in [0.15, 0.2) is 24.0 Å². The van der Waals surface area contributed by atoms with Crippen LogP contribution in [0.4, 0.5) is 11.4 Å². The van der Waals surface area contributed by atoms with Crippen LogP contribution in [-0.2, 0) is 36.3 Å². The van der Waals surface area contributed by atoms with Crippen molar-refractivity contribution in [3.8, 4) is 29.0 Å². The Morgan fingerprint density at radius 2 is 0.800 bits per heavy atom. The van der Waals surface area contributed by atoms with Gasteiger partial charge in [0.05, 0.1) is 25.0 Å². The van der Waals surface area contributed by atoms with E-state index < -0.39 is 184 Å². The molecule has 6 saturated heterocycles. The summed E-state index contributed by atoms with van der Waals surface area (Å²) in [6, 6.07) is 59.6. The minimum Gasteiger partial charge on any atom is -1.00 e. The van der Waals surface area contributed by atoms with E-state index >= 15 is 0 Å². The molecule has 760 valence electrons. The Labute approximate surface area is 1080 Å². The summed E-state index contributed by atoms with van der Waals surface area (Å²) in [4.78, 5) is 46.7. The number of alkyl halides is 1. The van der Waals surface area contributed by atoms with Crippen LogP contribution in [0, 0.1) is 23.2 Å². The number of carbonyl (C=O) groups is 3. The quantitative estimate of drug-likeness (QED) is 0.0143. The molecule has 6 aliphatic rings. The number of para-hydroxylation sites is 2. The number of carboxylic acids is 1. The Kier molecular flexibility index (Phi) is 89.5. The number of unbranched alkanes of at least 4 members (excludes halogenated alkanes) is 1. The van der Waals surface area contributed by atoms with Gasteiger partial charge in [-0.25, -0.2) is 9.59 Å². The molecule has 6 fully saturated rings. The summed E-state index contributed by atoms with van der Waals surface area (Å²) in [6.07, 6.45) is 5.92. The van der Waals surface area contributed by atoms with E-state index in [4.69, 9.17) is 45.3 Å². The number of aliphatic carboxylic acids is 1. The van der Waals surface area contributed by atoms with Gasteiger partial charge in [0.25, 0.3) is 17.8 Å². The van der Waals surface area contributed by atoms with Crippen LogP contribution < -0.4 is 36.3 Å². The van der Waals surface area contributed by atoms with Gasteiger partial charge in [-0.15, -0.1) is 11.6 Å². The van der Waals surface area contributed by atoms with Gasteiger partial charge in [0.2, 0.25) is 5.82 Å². The molecule has 4 atom stereocenters. The van der Waals surface area contributed by atoms with Crippen LogP contribution in [0.3, 0.4) is 0 Å². The topological polar surface area (TPSA) is 219 Å². The second-order valence-corrected chi connectivity index (χ2v) is 1060. The number of rotatable bonds is 37. The van der Waals surface area contributed by atoms with Crippen LogP contribution in [0.1, 0.15) is 87.2 Å². The summed E-state index contributed by atoms with van der Waals surface area (Å²) in [5, 5.41) is 29.9. The van der Waals surface area contributed by atoms with E-state index in [1.807, 2.05) is 195 Å². The molecule has 8 heterocycles. The number of nitriles is 1. The zero-order valence-corrected chi connectivity index (χ0v) is 163. The molecule has 6 aromatic carbocycles. The Morgan fingerprint density at radius 1 is 0.492 bits per heavy atom. The van der Waals surface area contributed by atoms with E-state index in [9.17, 15) is 9.59 Å². The number of nitrogens with zero attached hydrogens (tertiary/aromatic N) is 7. The predicted molar refractivity (Wildman–Crippen MR) is 938 cm³/mol. The fourth-order valence-electron chi connectivity index (χ4n) is 11.3. The van der Waals surface area contributed by atoms with Gasteiger partial charge in [0.1, 0.15) is 19.2 Å². The van der Waals surface area contributed by atoms with E-state index in [-0.39, 0.29) is 42.4 Å². The number of benzene rings is 6. The predicted octanol–water partition coefficient (Wildman–Crippen LogP) is 45.6. The minimum absolute atomic E-state index is 0. The van der Waals surface area contributed by atoms with Gasteiger partial charge >= 0.3 is 619 Å². The molecule has 64 heteroatoms. The van der Waals surface area contributed by atoms with Gasteiger partial charge in [0, 0.05) is 61.2 Å². The van der Waals surface area contributed by atoms with Gasteiger partial charge in [-0.05, 0) is 97.9 Å². The monoisotopic (exact) mass is 6900 g/mol. The van der Waals surface area contributed by atoms with Gasteiger partial charge in [-0.2, -0.15) is 15.2 Å². The Morgan fingerprint density at radius 3 is 1.10 bits per heavy atom. The molecule has 0 spiro atoms. The molecule has 6 aliphatic heterocycles. The van der Waals surface area contributed by atoms with E-state index in [1.165, 1.54) is 0 Å². The Balaban J connectivity index is 0.000000272. The van der Waals surface area contributed by atoms with Gasteiger partial charge in [-0.1, -0.05) is 151 Å². The van der Waals surface area contributed by atoms with Crippen LogP contribution in [0.2, 0.25) is 0 Å². The third-order valence-electron chi connectivity index (χ3n) is 16.7. The van der Waals surface area contributed by atoms with Crippen LogP contribution in [0.5, 0.6) is 0 Å². The molecule has 0 unspecified atom stereocenters. The summed E-state index contributed by atoms with van der Waals surface area (Å²) < 4.78 is 23.6. The minimum atomic E-state index is -0.833. The summed E-state index contributed by atoms with van der Waals surface area (Å²) >= 11 is 80.9. The zero-order valence-electron chi connectivity index (χ0n) is 64.9. The third-order valence-corrected chi connectivity index (χ3v) is 3400. The number of ether oxygens (including phenoxy) is 2. The van der Waals surface area contributed by atoms with Crippen molar-refractivity contribution in [2.24, 2.45) is 11.8 Å². The van der Waals surface area contributed by atoms with E-state index in [0.717, 1.165) is 116 Å². The number of aromatic nitrogens is 4. The molecule has 0 radical (unpaired) electrons. The number of carbonyl (C=O) groups excluding carboxylic acids is 2. The number of piperidine rings is 6. The summed E-state index contributed by atoms with van der Waals surface area (Å²) in [7, 11) is -10.7. The van der Waals surface area contributed by atoms with Crippen LogP contribution in [0.25, 0.3) is 22.9 Å². The molecule has 2 aromatic heterocycles. The average Bonchev–Trinajstić information content (AvgIpc) is 1.23. The number of quaternary nitrogens is 1. The smallest absolute Gasteiger partial charge is 0.333 e. The molecular formula is C66H73Cl2I45N9O8-. The molecule has 14 rings (SSSR count). The van der Waals surface area contributed by atoms with Crippen molar-refractivity contribution in [1.82, 2.24) is 25.2 Å². The number of halogens is 47. The number of fused-ring (bicyclic) bond motifs is 6. The molecule has 130 heavy (non-hydrogen) atoms. The molecule has 3 N–H and O–H groups in total. The molecule has 8 aromatic rings. The average molecular weight is 6900 g/mol. The SMILES string of the molecule is CC(=O)O.CCCC#N.ClCc1noc(-c2ccccc2)n1.I[I-]I(I)I(I)I(I)I(I)I(I)I(I)I(I)I(I)I(I)I(I)I(I)I(I)I(I)I(I)I(I)I(I)I(I)I(I)I(I)I(I)I(I)I.O=C(O[C@H]1CN2CCC1CC2)[C@H](Nc1ccccc1)c1ccccc1.O=C(O[C@H]1C[N+]2(Cc3noc(-c4ccccc4)n3)CCC1CC2)[C@H](Nc1ccccc1)c1ccccc1.[Cl-]. The van der Waals surface area contributed by atoms with Gasteiger partial charge < -0.3 is 51.2 Å². The van der Waals surface area contributed by atoms with Crippen LogP contribution in [0.15, 0.2) is 191 Å². The molecule has 0 aliphatic carbocycles. The van der Waals surface area contributed by atoms with Crippen LogP contribution >= 0.6 is 606 Å². The van der Waals surface area contributed by atoms with Crippen molar-refractivity contribution in [2.75, 3.05) is 49.9 Å². The molecule has 0 saturated carbocycles. The van der Waals surface area contributed by atoms with E-state index in [2.05, 4.69) is 464 Å². The zero-order chi connectivity index (χ0) is 94.8. The number of hydrogen-bond donors (Lipinski definition) is 3. The fraction of sp³-hybridized carbons (Fsp3) is 0.333. The fourth-order valence-corrected chi connectivity index (χ4v) is 8180. The van der Waals surface area contributed by atoms with Crippen molar-refractivity contribution in [3.05, 3.63) is 205 Å². The first-order chi connectivity index (χ1) is 61.5. The maximum atomic E-state index is 13.6. The van der Waals surface area contributed by atoms with Crippen molar-refractivity contribution < 1.29 is 68.2 Å². The van der Waals surface area contributed by atoms with Crippen molar-refractivity contribution >= 4 is 635 Å². The second-order valence-electron chi connectivity index (χ2n) is 24.5. The number of anilines is 2. The number of esters is 2. The van der Waals surface area contributed by atoms with Crippen molar-refractivity contribution in [1.29, 1.82) is 5.26 Å². The first kappa shape index (κ1) is 143. The summed E-state index contributed by atoms with van der Waals surface area (Å²) in [5.41, 5.74) is 5.45. The second kappa shape index (κ2) is 81.3. The maximum Gasteiger partial charge on any atom is 0.333 e. The normalized spacial score (nSPS) is 19.6. The third kappa shape index (κ3) is 51.5. The van der Waals surface area contributed by atoms with Gasteiger partial charge in [-0.3, -0.25) is 9.69 Å². The number of carboxylic acid groups (broad SMARTS) is 1. The number of hydrogen-bond acceptors (Lipinski definition) is 15. The Hall–Kier alpha value is 24.5. The molecular weight excluding hydrogens is 6830 g/mol. The summed E-state index contributed by atoms with van der Waals surface area (Å²) in [5.74, 6) is 2.20. The largest absolute Gasteiger partial charge is 1.00 e. The van der Waals surface area contributed by atoms with Crippen molar-refractivity contribution in [2.45, 2.75) is 89.1 Å². The first-order valence-corrected chi connectivity index (χ1v) is 312. The van der Waals surface area contributed by atoms with E-state index in [1.54, 1.807) is 0 Å². The summed E-state index contributed by atoms with van der Waals surface area (Å²) in [6.45, 7) is 9.77. The molecule has 17 nitrogen and oxygen atoms in total. The van der Waals surface area contributed by atoms with Crippen LogP contribution in [-0.4, -0.2) is 104 Å².